The van der Waals surface area contributed by atoms with Crippen LogP contribution in [0.5, 0.6) is 23.0 Å². The maximum atomic E-state index is 12.4. The van der Waals surface area contributed by atoms with Crippen LogP contribution in [0.3, 0.4) is 0 Å². The van der Waals surface area contributed by atoms with E-state index in [0.717, 1.165) is 11.1 Å². The maximum Gasteiger partial charge on any atom is 0.309 e. The van der Waals surface area contributed by atoms with Crippen molar-refractivity contribution in [3.8, 4) is 23.0 Å². The minimum atomic E-state index is -0.468. The van der Waals surface area contributed by atoms with Gasteiger partial charge in [-0.1, -0.05) is 18.2 Å². The largest absolute Gasteiger partial charge is 0.496 e. The predicted molar refractivity (Wildman–Crippen MR) is 107 cm³/mol. The first-order valence-corrected chi connectivity index (χ1v) is 9.11. The van der Waals surface area contributed by atoms with Gasteiger partial charge in [-0.3, -0.25) is 4.79 Å². The Balaban J connectivity index is 1.70. The quantitative estimate of drug-likeness (QED) is 0.571. The highest BCUT2D eigenvalue weighted by Gasteiger charge is 2.18. The van der Waals surface area contributed by atoms with Crippen LogP contribution in [0.25, 0.3) is 0 Å². The smallest absolute Gasteiger partial charge is 0.309 e. The van der Waals surface area contributed by atoms with Crippen LogP contribution in [0.15, 0.2) is 40.8 Å². The van der Waals surface area contributed by atoms with E-state index in [4.69, 9.17) is 23.4 Å². The van der Waals surface area contributed by atoms with Gasteiger partial charge in [0.25, 0.3) is 0 Å². The average Bonchev–Trinajstić information content (AvgIpc) is 3.25. The highest BCUT2D eigenvalue weighted by molar-refractivity contribution is 5.89. The molecule has 1 heterocycles. The third kappa shape index (κ3) is 4.62. The van der Waals surface area contributed by atoms with Crippen molar-refractivity contribution in [1.29, 1.82) is 0 Å². The molecule has 0 atom stereocenters. The van der Waals surface area contributed by atoms with Gasteiger partial charge in [0.1, 0.15) is 5.75 Å². The summed E-state index contributed by atoms with van der Waals surface area (Å²) in [6.07, 6.45) is 0.295. The first-order chi connectivity index (χ1) is 14.6. The van der Waals surface area contributed by atoms with Crippen molar-refractivity contribution in [3.05, 3.63) is 59.3 Å². The van der Waals surface area contributed by atoms with Crippen molar-refractivity contribution in [2.24, 2.45) is 0 Å². The molecule has 0 aliphatic rings. The number of carbonyl (C=O) groups excluding carboxylic acids is 1. The molecule has 0 bridgehead atoms. The highest BCUT2D eigenvalue weighted by Crippen LogP contribution is 2.38. The predicted octanol–water partition coefficient (Wildman–Crippen LogP) is 2.62. The number of carbonyl (C=O) groups is 1. The Kier molecular flexibility index (Phi) is 6.74. The number of nitrogens with zero attached hydrogens (tertiary/aromatic N) is 2. The molecule has 1 aromatic heterocycles. The molecule has 1 N–H and O–H groups in total. The van der Waals surface area contributed by atoms with Gasteiger partial charge in [-0.2, -0.15) is 0 Å². The maximum absolute atomic E-state index is 12.4. The van der Waals surface area contributed by atoms with Gasteiger partial charge >= 0.3 is 11.8 Å². The van der Waals surface area contributed by atoms with Gasteiger partial charge in [-0.15, -0.1) is 10.2 Å². The SMILES string of the molecule is COc1ccccc1CNC(=O)c1nnc(Cc2cc(OC)c(OC)c(OC)c2)o1. The van der Waals surface area contributed by atoms with Crippen molar-refractivity contribution in [2.45, 2.75) is 13.0 Å². The average molecular weight is 413 g/mol. The van der Waals surface area contributed by atoms with E-state index in [1.165, 1.54) is 21.3 Å². The number of para-hydroxylation sites is 1. The number of ether oxygens (including phenoxy) is 4. The summed E-state index contributed by atoms with van der Waals surface area (Å²) in [5.74, 6) is 1.91. The minimum absolute atomic E-state index is 0.118. The molecule has 0 fully saturated rings. The topological polar surface area (TPSA) is 105 Å². The number of benzene rings is 2. The minimum Gasteiger partial charge on any atom is -0.496 e. The second kappa shape index (κ2) is 9.64. The summed E-state index contributed by atoms with van der Waals surface area (Å²) < 4.78 is 26.8. The summed E-state index contributed by atoms with van der Waals surface area (Å²) >= 11 is 0. The van der Waals surface area contributed by atoms with Crippen molar-refractivity contribution in [3.63, 3.8) is 0 Å². The Hall–Kier alpha value is -3.75. The van der Waals surface area contributed by atoms with Crippen LogP contribution in [-0.4, -0.2) is 44.5 Å². The molecule has 0 aliphatic carbocycles. The summed E-state index contributed by atoms with van der Waals surface area (Å²) in [5, 5.41) is 10.5. The zero-order valence-corrected chi connectivity index (χ0v) is 17.2. The molecule has 9 nitrogen and oxygen atoms in total. The zero-order chi connectivity index (χ0) is 21.5. The molecule has 30 heavy (non-hydrogen) atoms. The fourth-order valence-electron chi connectivity index (χ4n) is 2.93. The van der Waals surface area contributed by atoms with Crippen LogP contribution >= 0.6 is 0 Å². The second-order valence-corrected chi connectivity index (χ2v) is 6.21. The number of hydrogen-bond donors (Lipinski definition) is 1. The molecule has 3 aromatic rings. The van der Waals surface area contributed by atoms with E-state index in [2.05, 4.69) is 15.5 Å². The molecule has 3 rings (SSSR count). The second-order valence-electron chi connectivity index (χ2n) is 6.21. The lowest BCUT2D eigenvalue weighted by molar-refractivity contribution is 0.0914. The Morgan fingerprint density at radius 2 is 1.60 bits per heavy atom. The third-order valence-electron chi connectivity index (χ3n) is 4.37. The third-order valence-corrected chi connectivity index (χ3v) is 4.37. The van der Waals surface area contributed by atoms with Crippen LogP contribution in [-0.2, 0) is 13.0 Å². The van der Waals surface area contributed by atoms with Crippen LogP contribution in [0, 0.1) is 0 Å². The van der Waals surface area contributed by atoms with E-state index in [9.17, 15) is 4.79 Å². The molecule has 1 amide bonds. The van der Waals surface area contributed by atoms with Crippen LogP contribution < -0.4 is 24.3 Å². The van der Waals surface area contributed by atoms with E-state index in [1.807, 2.05) is 24.3 Å². The van der Waals surface area contributed by atoms with Gasteiger partial charge in [0, 0.05) is 12.1 Å². The van der Waals surface area contributed by atoms with Gasteiger partial charge in [-0.25, -0.2) is 0 Å². The normalized spacial score (nSPS) is 10.4. The van der Waals surface area contributed by atoms with Crippen molar-refractivity contribution >= 4 is 5.91 Å². The summed E-state index contributed by atoms with van der Waals surface area (Å²) in [4.78, 5) is 12.4. The van der Waals surface area contributed by atoms with Crippen LogP contribution in [0.1, 0.15) is 27.7 Å². The van der Waals surface area contributed by atoms with E-state index < -0.39 is 5.91 Å². The fourth-order valence-corrected chi connectivity index (χ4v) is 2.93. The Morgan fingerprint density at radius 1 is 0.933 bits per heavy atom. The van der Waals surface area contributed by atoms with Crippen LogP contribution in [0.4, 0.5) is 0 Å². The molecular weight excluding hydrogens is 390 g/mol. The molecule has 0 unspecified atom stereocenters. The summed E-state index contributed by atoms with van der Waals surface area (Å²) in [7, 11) is 6.19. The number of methoxy groups -OCH3 is 4. The number of amides is 1. The number of hydrogen-bond acceptors (Lipinski definition) is 8. The molecule has 9 heteroatoms. The molecule has 0 saturated heterocycles. The molecular formula is C21H23N3O6. The lowest BCUT2D eigenvalue weighted by Gasteiger charge is -2.13. The highest BCUT2D eigenvalue weighted by atomic mass is 16.5. The first kappa shape index (κ1) is 21.0. The van der Waals surface area contributed by atoms with E-state index in [0.29, 0.717) is 29.4 Å². The lowest BCUT2D eigenvalue weighted by Crippen LogP contribution is -2.23. The van der Waals surface area contributed by atoms with Crippen molar-refractivity contribution in [2.75, 3.05) is 28.4 Å². The van der Waals surface area contributed by atoms with Gasteiger partial charge in [0.15, 0.2) is 11.5 Å². The van der Waals surface area contributed by atoms with Crippen molar-refractivity contribution in [1.82, 2.24) is 15.5 Å². The van der Waals surface area contributed by atoms with Gasteiger partial charge in [0.2, 0.25) is 11.6 Å². The zero-order valence-electron chi connectivity index (χ0n) is 17.2. The van der Waals surface area contributed by atoms with Crippen LogP contribution in [0.2, 0.25) is 0 Å². The number of aromatic nitrogens is 2. The van der Waals surface area contributed by atoms with E-state index >= 15 is 0 Å². The van der Waals surface area contributed by atoms with E-state index in [1.54, 1.807) is 19.2 Å². The van der Waals surface area contributed by atoms with E-state index in [-0.39, 0.29) is 18.3 Å². The number of rotatable bonds is 9. The van der Waals surface area contributed by atoms with Gasteiger partial charge in [-0.05, 0) is 23.8 Å². The molecule has 2 aromatic carbocycles. The lowest BCUT2D eigenvalue weighted by atomic mass is 10.1. The Bertz CT molecular complexity index is 992. The molecule has 0 spiro atoms. The fraction of sp³-hybridized carbons (Fsp3) is 0.286. The Labute approximate surface area is 173 Å². The Morgan fingerprint density at radius 3 is 2.23 bits per heavy atom. The monoisotopic (exact) mass is 413 g/mol. The van der Waals surface area contributed by atoms with Gasteiger partial charge in [0.05, 0.1) is 34.9 Å². The molecule has 0 radical (unpaired) electrons. The summed E-state index contributed by atoms with van der Waals surface area (Å²) in [5.41, 5.74) is 1.64. The van der Waals surface area contributed by atoms with Gasteiger partial charge < -0.3 is 28.7 Å². The first-order valence-electron chi connectivity index (χ1n) is 9.11. The standard InChI is InChI=1S/C21H23N3O6/c1-26-15-8-6-5-7-14(15)12-22-20(25)21-24-23-18(30-21)11-13-9-16(27-2)19(29-4)17(10-13)28-3/h5-10H,11-12H2,1-4H3,(H,22,25). The summed E-state index contributed by atoms with van der Waals surface area (Å²) in [6, 6.07) is 11.0. The molecule has 158 valence electrons. The van der Waals surface area contributed by atoms with Crippen molar-refractivity contribution < 1.29 is 28.2 Å². The summed E-state index contributed by atoms with van der Waals surface area (Å²) in [6.45, 7) is 0.271. The molecule has 0 saturated carbocycles. The number of nitrogens with one attached hydrogen (secondary N) is 1. The molecule has 0 aliphatic heterocycles.